The van der Waals surface area contributed by atoms with Crippen LogP contribution in [0.1, 0.15) is 49.8 Å². The average Bonchev–Trinajstić information content (AvgIpc) is 3.23. The number of carbonyl (C=O) groups excluding carboxylic acids is 1. The zero-order valence-corrected chi connectivity index (χ0v) is 18.7. The number of ether oxygens (including phenoxy) is 2. The van der Waals surface area contributed by atoms with Crippen molar-refractivity contribution in [3.63, 3.8) is 0 Å². The van der Waals surface area contributed by atoms with E-state index < -0.39 is 18.1 Å². The molecule has 0 aliphatic heterocycles. The molecule has 4 aliphatic carbocycles. The van der Waals surface area contributed by atoms with Crippen LogP contribution in [0, 0.1) is 17.8 Å². The maximum Gasteiger partial charge on any atom is 0.408 e. The molecule has 4 saturated carbocycles. The topological polar surface area (TPSA) is 103 Å². The molecule has 33 heavy (non-hydrogen) atoms. The number of benzene rings is 1. The highest BCUT2D eigenvalue weighted by molar-refractivity contribution is 5.80. The summed E-state index contributed by atoms with van der Waals surface area (Å²) in [5, 5.41) is 12.1. The van der Waals surface area contributed by atoms with Gasteiger partial charge in [-0.2, -0.15) is 0 Å². The molecule has 0 radical (unpaired) electrons. The Morgan fingerprint density at radius 3 is 2.42 bits per heavy atom. The van der Waals surface area contributed by atoms with Crippen molar-refractivity contribution in [1.29, 1.82) is 0 Å². The third kappa shape index (κ3) is 5.05. The fourth-order valence-corrected chi connectivity index (χ4v) is 6.37. The maximum absolute atomic E-state index is 12.2. The van der Waals surface area contributed by atoms with E-state index in [-0.39, 0.29) is 18.6 Å². The van der Waals surface area contributed by atoms with Crippen LogP contribution in [0.2, 0.25) is 0 Å². The number of carboxylic acid groups (broad SMARTS) is 1. The van der Waals surface area contributed by atoms with Gasteiger partial charge in [0.1, 0.15) is 19.4 Å². The summed E-state index contributed by atoms with van der Waals surface area (Å²) >= 11 is 0. The summed E-state index contributed by atoms with van der Waals surface area (Å²) in [4.78, 5) is 28.2. The first-order valence-electron chi connectivity index (χ1n) is 11.8. The number of carbonyl (C=O) groups is 2. The first-order chi connectivity index (χ1) is 16.0. The minimum absolute atomic E-state index is 0.0397. The summed E-state index contributed by atoms with van der Waals surface area (Å²) in [7, 11) is 0. The van der Waals surface area contributed by atoms with Gasteiger partial charge < -0.3 is 24.5 Å². The zero-order chi connectivity index (χ0) is 22.8. The Bertz CT molecular complexity index is 954. The normalized spacial score (nSPS) is 28.4. The minimum Gasteiger partial charge on any atom is -0.480 e. The second kappa shape index (κ2) is 9.17. The maximum atomic E-state index is 12.2. The van der Waals surface area contributed by atoms with Gasteiger partial charge in [-0.3, -0.25) is 0 Å². The Labute approximate surface area is 193 Å². The molecule has 8 nitrogen and oxygen atoms in total. The SMILES string of the molecule is O=C(N[C@@H](Cc1cncn1COC12CC3CC(CC(C3)C1)C2)C(=O)O)OCc1ccccc1. The summed E-state index contributed by atoms with van der Waals surface area (Å²) < 4.78 is 13.5. The molecule has 0 saturated heterocycles. The average molecular weight is 454 g/mol. The Kier molecular flexibility index (Phi) is 6.10. The van der Waals surface area contributed by atoms with Gasteiger partial charge >= 0.3 is 12.1 Å². The van der Waals surface area contributed by atoms with Crippen LogP contribution in [0.5, 0.6) is 0 Å². The molecule has 6 rings (SSSR count). The smallest absolute Gasteiger partial charge is 0.408 e. The summed E-state index contributed by atoms with van der Waals surface area (Å²) in [6, 6.07) is 8.13. The summed E-state index contributed by atoms with van der Waals surface area (Å²) in [5.74, 6) is 1.25. The van der Waals surface area contributed by atoms with E-state index in [1.807, 2.05) is 34.9 Å². The number of carboxylic acids is 1. The molecule has 1 aromatic carbocycles. The van der Waals surface area contributed by atoms with E-state index in [0.717, 1.165) is 42.6 Å². The highest BCUT2D eigenvalue weighted by Crippen LogP contribution is 2.57. The first-order valence-corrected chi connectivity index (χ1v) is 11.8. The predicted molar refractivity (Wildman–Crippen MR) is 119 cm³/mol. The van der Waals surface area contributed by atoms with Gasteiger partial charge in [0.25, 0.3) is 0 Å². The molecule has 1 heterocycles. The summed E-state index contributed by atoms with van der Waals surface area (Å²) in [6.07, 6.45) is 10.1. The number of nitrogens with zero attached hydrogens (tertiary/aromatic N) is 2. The molecule has 1 aromatic heterocycles. The van der Waals surface area contributed by atoms with Crippen LogP contribution < -0.4 is 5.32 Å². The van der Waals surface area contributed by atoms with Gasteiger partial charge in [0, 0.05) is 18.3 Å². The molecule has 176 valence electrons. The van der Waals surface area contributed by atoms with Crippen molar-refractivity contribution in [2.75, 3.05) is 0 Å². The third-order valence-corrected chi connectivity index (χ3v) is 7.51. The molecule has 1 atom stereocenters. The van der Waals surface area contributed by atoms with Crippen LogP contribution in [0.25, 0.3) is 0 Å². The van der Waals surface area contributed by atoms with E-state index >= 15 is 0 Å². The number of hydrogen-bond acceptors (Lipinski definition) is 5. The van der Waals surface area contributed by atoms with E-state index in [1.165, 1.54) is 19.3 Å². The number of amides is 1. The molecule has 2 aromatic rings. The van der Waals surface area contributed by atoms with Gasteiger partial charge in [-0.15, -0.1) is 0 Å². The lowest BCUT2D eigenvalue weighted by molar-refractivity contribution is -0.181. The van der Waals surface area contributed by atoms with Gasteiger partial charge in [0.2, 0.25) is 0 Å². The minimum atomic E-state index is -1.12. The van der Waals surface area contributed by atoms with Crippen molar-refractivity contribution in [2.45, 2.75) is 69.9 Å². The number of aromatic nitrogens is 2. The van der Waals surface area contributed by atoms with Crippen molar-refractivity contribution in [3.8, 4) is 0 Å². The number of hydrogen-bond donors (Lipinski definition) is 2. The highest BCUT2D eigenvalue weighted by atomic mass is 16.5. The van der Waals surface area contributed by atoms with Crippen LogP contribution in [0.3, 0.4) is 0 Å². The number of rotatable bonds is 9. The fourth-order valence-electron chi connectivity index (χ4n) is 6.37. The highest BCUT2D eigenvalue weighted by Gasteiger charge is 2.51. The number of nitrogens with one attached hydrogen (secondary N) is 1. The van der Waals surface area contributed by atoms with Crippen molar-refractivity contribution in [2.24, 2.45) is 17.8 Å². The molecule has 0 spiro atoms. The molecule has 4 bridgehead atoms. The molecule has 1 amide bonds. The molecule has 4 fully saturated rings. The largest absolute Gasteiger partial charge is 0.480 e. The lowest BCUT2D eigenvalue weighted by Crippen LogP contribution is -2.52. The number of aliphatic carboxylic acids is 1. The van der Waals surface area contributed by atoms with E-state index in [4.69, 9.17) is 9.47 Å². The lowest BCUT2D eigenvalue weighted by atomic mass is 9.54. The van der Waals surface area contributed by atoms with Crippen molar-refractivity contribution in [3.05, 3.63) is 54.1 Å². The van der Waals surface area contributed by atoms with E-state index in [2.05, 4.69) is 10.3 Å². The Hall–Kier alpha value is -2.87. The second-order valence-electron chi connectivity index (χ2n) is 10.0. The lowest BCUT2D eigenvalue weighted by Gasteiger charge is -2.56. The van der Waals surface area contributed by atoms with Gasteiger partial charge in [-0.05, 0) is 61.8 Å². The monoisotopic (exact) mass is 453 g/mol. The van der Waals surface area contributed by atoms with Crippen LogP contribution in [-0.4, -0.2) is 38.4 Å². The van der Waals surface area contributed by atoms with E-state index in [1.54, 1.807) is 12.5 Å². The van der Waals surface area contributed by atoms with Crippen LogP contribution in [0.4, 0.5) is 4.79 Å². The van der Waals surface area contributed by atoms with Crippen LogP contribution >= 0.6 is 0 Å². The third-order valence-electron chi connectivity index (χ3n) is 7.51. The Balaban J connectivity index is 1.17. The first kappa shape index (κ1) is 21.9. The van der Waals surface area contributed by atoms with Crippen molar-refractivity contribution < 1.29 is 24.2 Å². The quantitative estimate of drug-likeness (QED) is 0.600. The van der Waals surface area contributed by atoms with Crippen LogP contribution in [-0.2, 0) is 34.0 Å². The second-order valence-corrected chi connectivity index (χ2v) is 10.0. The fraction of sp³-hybridized carbons (Fsp3) is 0.560. The van der Waals surface area contributed by atoms with Crippen LogP contribution in [0.15, 0.2) is 42.9 Å². The van der Waals surface area contributed by atoms with Gasteiger partial charge in [-0.25, -0.2) is 14.6 Å². The molecule has 2 N–H and O–H groups in total. The molecular formula is C25H31N3O5. The molecule has 8 heteroatoms. The Morgan fingerprint density at radius 2 is 1.79 bits per heavy atom. The number of imidazole rings is 1. The molecular weight excluding hydrogens is 422 g/mol. The van der Waals surface area contributed by atoms with Crippen molar-refractivity contribution in [1.82, 2.24) is 14.9 Å². The Morgan fingerprint density at radius 1 is 1.12 bits per heavy atom. The summed E-state index contributed by atoms with van der Waals surface area (Å²) in [6.45, 7) is 0.433. The summed E-state index contributed by atoms with van der Waals surface area (Å²) in [5.41, 5.74) is 1.50. The van der Waals surface area contributed by atoms with E-state index in [9.17, 15) is 14.7 Å². The predicted octanol–water partition coefficient (Wildman–Crippen LogP) is 3.75. The zero-order valence-electron chi connectivity index (χ0n) is 18.7. The molecule has 4 aliphatic rings. The van der Waals surface area contributed by atoms with E-state index in [0.29, 0.717) is 12.4 Å². The van der Waals surface area contributed by atoms with Gasteiger partial charge in [-0.1, -0.05) is 30.3 Å². The molecule has 0 unspecified atom stereocenters. The van der Waals surface area contributed by atoms with Crippen molar-refractivity contribution >= 4 is 12.1 Å². The number of alkyl carbamates (subject to hydrolysis) is 1. The van der Waals surface area contributed by atoms with Gasteiger partial charge in [0.15, 0.2) is 0 Å². The van der Waals surface area contributed by atoms with Gasteiger partial charge in [0.05, 0.1) is 11.9 Å². The standard InChI is InChI=1S/C25H31N3O5/c29-23(30)22(27-24(31)32-14-17-4-2-1-3-5-17)9-21-13-26-15-28(21)16-33-25-10-18-6-19(11-25)8-20(7-18)12-25/h1-5,13,15,18-20,22H,6-12,14,16H2,(H,27,31)(H,29,30)/t18?,19?,20?,22-,25?/m0/s1.